The van der Waals surface area contributed by atoms with E-state index in [1.54, 1.807) is 35.7 Å². The maximum absolute atomic E-state index is 12.2. The van der Waals surface area contributed by atoms with Gasteiger partial charge in [0.1, 0.15) is 4.21 Å². The molecule has 108 valence electrons. The van der Waals surface area contributed by atoms with Crippen LogP contribution in [-0.2, 0) is 10.0 Å². The quantitative estimate of drug-likeness (QED) is 0.775. The van der Waals surface area contributed by atoms with Gasteiger partial charge in [0.2, 0.25) is 0 Å². The zero-order valence-electron chi connectivity index (χ0n) is 11.2. The molecule has 0 aliphatic rings. The molecule has 0 bridgehead atoms. The van der Waals surface area contributed by atoms with Crippen molar-refractivity contribution in [2.24, 2.45) is 0 Å². The van der Waals surface area contributed by atoms with Gasteiger partial charge in [-0.3, -0.25) is 9.82 Å². The second-order valence-corrected chi connectivity index (χ2v) is 7.41. The molecule has 7 heteroatoms. The fraction of sp³-hybridized carbons (Fsp3) is 0.0714. The predicted molar refractivity (Wildman–Crippen MR) is 83.9 cm³/mol. The molecule has 2 aromatic heterocycles. The molecule has 2 heterocycles. The number of hydrogen-bond acceptors (Lipinski definition) is 4. The minimum atomic E-state index is -3.52. The van der Waals surface area contributed by atoms with Gasteiger partial charge in [-0.1, -0.05) is 18.2 Å². The maximum atomic E-state index is 12.2. The maximum Gasteiger partial charge on any atom is 0.271 e. The second-order valence-electron chi connectivity index (χ2n) is 4.55. The predicted octanol–water partition coefficient (Wildman–Crippen LogP) is 3.25. The van der Waals surface area contributed by atoms with Crippen molar-refractivity contribution in [3.05, 3.63) is 53.5 Å². The van der Waals surface area contributed by atoms with Crippen LogP contribution < -0.4 is 4.72 Å². The number of thiophene rings is 1. The largest absolute Gasteiger partial charge is 0.282 e. The Balaban J connectivity index is 1.91. The summed E-state index contributed by atoms with van der Waals surface area (Å²) in [6.45, 7) is 1.92. The highest BCUT2D eigenvalue weighted by Gasteiger charge is 2.15. The normalized spacial score (nSPS) is 11.5. The number of nitrogens with zero attached hydrogens (tertiary/aromatic N) is 1. The SMILES string of the molecule is Cc1cc(-c2cccc(NS(=O)(=O)c3cccs3)c2)n[nH]1. The first kappa shape index (κ1) is 13.8. The summed E-state index contributed by atoms with van der Waals surface area (Å²) in [6.07, 6.45) is 0. The first-order valence-corrected chi connectivity index (χ1v) is 8.60. The van der Waals surface area contributed by atoms with Gasteiger partial charge >= 0.3 is 0 Å². The average molecular weight is 319 g/mol. The Kier molecular flexibility index (Phi) is 3.52. The van der Waals surface area contributed by atoms with Gasteiger partial charge in [0.15, 0.2) is 0 Å². The first-order valence-electron chi connectivity index (χ1n) is 6.23. The number of sulfonamides is 1. The summed E-state index contributed by atoms with van der Waals surface area (Å²) in [5.74, 6) is 0. The summed E-state index contributed by atoms with van der Waals surface area (Å²) in [7, 11) is -3.52. The van der Waals surface area contributed by atoms with E-state index in [-0.39, 0.29) is 0 Å². The summed E-state index contributed by atoms with van der Waals surface area (Å²) in [5.41, 5.74) is 3.10. The van der Waals surface area contributed by atoms with Crippen LogP contribution in [0.1, 0.15) is 5.69 Å². The van der Waals surface area contributed by atoms with Crippen molar-refractivity contribution in [1.82, 2.24) is 10.2 Å². The molecular formula is C14H13N3O2S2. The van der Waals surface area contributed by atoms with Crippen LogP contribution in [0.4, 0.5) is 5.69 Å². The standard InChI is InChI=1S/C14H13N3O2S2/c1-10-8-13(16-15-10)11-4-2-5-12(9-11)17-21(18,19)14-6-3-7-20-14/h2-9,17H,1H3,(H,15,16). The van der Waals surface area contributed by atoms with Crippen molar-refractivity contribution in [2.75, 3.05) is 4.72 Å². The molecule has 0 aliphatic heterocycles. The molecule has 21 heavy (non-hydrogen) atoms. The molecule has 0 radical (unpaired) electrons. The minimum Gasteiger partial charge on any atom is -0.282 e. The molecule has 0 spiro atoms. The van der Waals surface area contributed by atoms with E-state index >= 15 is 0 Å². The highest BCUT2D eigenvalue weighted by Crippen LogP contribution is 2.24. The molecule has 0 atom stereocenters. The highest BCUT2D eigenvalue weighted by atomic mass is 32.2. The highest BCUT2D eigenvalue weighted by molar-refractivity contribution is 7.94. The number of aromatic amines is 1. The Morgan fingerprint density at radius 1 is 1.19 bits per heavy atom. The average Bonchev–Trinajstić information content (AvgIpc) is 3.09. The number of aryl methyl sites for hydroxylation is 1. The topological polar surface area (TPSA) is 74.8 Å². The van der Waals surface area contributed by atoms with Crippen LogP contribution in [0.15, 0.2) is 52.1 Å². The molecule has 1 aromatic carbocycles. The van der Waals surface area contributed by atoms with Gasteiger partial charge in [0, 0.05) is 16.9 Å². The van der Waals surface area contributed by atoms with E-state index in [4.69, 9.17) is 0 Å². The Bertz CT molecular complexity index is 852. The van der Waals surface area contributed by atoms with Gasteiger partial charge in [0.25, 0.3) is 10.0 Å². The van der Waals surface area contributed by atoms with E-state index < -0.39 is 10.0 Å². The van der Waals surface area contributed by atoms with Gasteiger partial charge in [-0.2, -0.15) is 5.10 Å². The fourth-order valence-electron chi connectivity index (χ4n) is 1.93. The number of hydrogen-bond donors (Lipinski definition) is 2. The van der Waals surface area contributed by atoms with Crippen LogP contribution >= 0.6 is 11.3 Å². The molecular weight excluding hydrogens is 306 g/mol. The molecule has 0 amide bonds. The molecule has 2 N–H and O–H groups in total. The Morgan fingerprint density at radius 2 is 2.05 bits per heavy atom. The third-order valence-corrected chi connectivity index (χ3v) is 5.66. The van der Waals surface area contributed by atoms with Crippen LogP contribution in [0.5, 0.6) is 0 Å². The Morgan fingerprint density at radius 3 is 2.71 bits per heavy atom. The molecule has 0 unspecified atom stereocenters. The first-order chi connectivity index (χ1) is 10.0. The Hall–Kier alpha value is -2.12. The van der Waals surface area contributed by atoms with Gasteiger partial charge < -0.3 is 0 Å². The number of nitrogens with one attached hydrogen (secondary N) is 2. The summed E-state index contributed by atoms with van der Waals surface area (Å²) in [4.78, 5) is 0. The number of benzene rings is 1. The van der Waals surface area contributed by atoms with E-state index in [2.05, 4.69) is 14.9 Å². The van der Waals surface area contributed by atoms with E-state index in [0.717, 1.165) is 17.0 Å². The van der Waals surface area contributed by atoms with E-state index in [0.29, 0.717) is 9.90 Å². The molecule has 3 rings (SSSR count). The third-order valence-electron chi connectivity index (χ3n) is 2.88. The van der Waals surface area contributed by atoms with Crippen molar-refractivity contribution in [1.29, 1.82) is 0 Å². The van der Waals surface area contributed by atoms with Crippen molar-refractivity contribution in [3.63, 3.8) is 0 Å². The number of anilines is 1. The van der Waals surface area contributed by atoms with Gasteiger partial charge in [-0.25, -0.2) is 8.42 Å². The van der Waals surface area contributed by atoms with Crippen LogP contribution in [-0.4, -0.2) is 18.6 Å². The molecule has 0 saturated heterocycles. The monoisotopic (exact) mass is 319 g/mol. The summed E-state index contributed by atoms with van der Waals surface area (Å²) in [6, 6.07) is 12.4. The lowest BCUT2D eigenvalue weighted by atomic mass is 10.1. The van der Waals surface area contributed by atoms with Gasteiger partial charge in [-0.15, -0.1) is 11.3 Å². The van der Waals surface area contributed by atoms with Gasteiger partial charge in [-0.05, 0) is 36.6 Å². The third kappa shape index (κ3) is 2.98. The lowest BCUT2D eigenvalue weighted by Gasteiger charge is -2.07. The zero-order valence-corrected chi connectivity index (χ0v) is 12.8. The minimum absolute atomic E-state index is 0.295. The molecule has 3 aromatic rings. The van der Waals surface area contributed by atoms with Crippen LogP contribution in [0, 0.1) is 6.92 Å². The zero-order chi connectivity index (χ0) is 14.9. The number of rotatable bonds is 4. The van der Waals surface area contributed by atoms with Crippen LogP contribution in [0.2, 0.25) is 0 Å². The molecule has 0 fully saturated rings. The smallest absolute Gasteiger partial charge is 0.271 e. The van der Waals surface area contributed by atoms with Gasteiger partial charge in [0.05, 0.1) is 5.69 Å². The van der Waals surface area contributed by atoms with E-state index in [9.17, 15) is 8.42 Å². The second kappa shape index (κ2) is 5.34. The lowest BCUT2D eigenvalue weighted by molar-refractivity contribution is 0.603. The van der Waals surface area contributed by atoms with Crippen molar-refractivity contribution in [3.8, 4) is 11.3 Å². The van der Waals surface area contributed by atoms with Crippen molar-refractivity contribution < 1.29 is 8.42 Å². The summed E-state index contributed by atoms with van der Waals surface area (Å²) < 4.78 is 27.3. The Labute approximate surface area is 126 Å². The summed E-state index contributed by atoms with van der Waals surface area (Å²) >= 11 is 1.19. The van der Waals surface area contributed by atoms with E-state index in [1.807, 2.05) is 19.1 Å². The summed E-state index contributed by atoms with van der Waals surface area (Å²) in [5, 5.41) is 8.78. The van der Waals surface area contributed by atoms with Crippen molar-refractivity contribution in [2.45, 2.75) is 11.1 Å². The number of H-pyrrole nitrogens is 1. The molecule has 5 nitrogen and oxygen atoms in total. The van der Waals surface area contributed by atoms with Crippen LogP contribution in [0.25, 0.3) is 11.3 Å². The molecule has 0 aliphatic carbocycles. The van der Waals surface area contributed by atoms with Crippen molar-refractivity contribution >= 4 is 27.0 Å². The van der Waals surface area contributed by atoms with E-state index in [1.165, 1.54) is 11.3 Å². The number of aromatic nitrogens is 2. The molecule has 0 saturated carbocycles. The van der Waals surface area contributed by atoms with Crippen LogP contribution in [0.3, 0.4) is 0 Å². The fourth-order valence-corrected chi connectivity index (χ4v) is 3.97. The lowest BCUT2D eigenvalue weighted by Crippen LogP contribution is -2.11.